The molecular formula is C19H22N2O2. The summed E-state index contributed by atoms with van der Waals surface area (Å²) >= 11 is 0. The van der Waals surface area contributed by atoms with E-state index < -0.39 is 0 Å². The molecule has 0 aromatic heterocycles. The maximum atomic E-state index is 12.7. The van der Waals surface area contributed by atoms with E-state index in [1.54, 1.807) is 6.07 Å². The van der Waals surface area contributed by atoms with Crippen molar-refractivity contribution in [1.82, 2.24) is 4.90 Å². The fourth-order valence-corrected chi connectivity index (χ4v) is 3.04. The second kappa shape index (κ2) is 6.32. The molecule has 2 aromatic carbocycles. The van der Waals surface area contributed by atoms with E-state index in [2.05, 4.69) is 4.90 Å². The van der Waals surface area contributed by atoms with E-state index in [1.807, 2.05) is 55.1 Å². The van der Waals surface area contributed by atoms with Gasteiger partial charge in [0, 0.05) is 31.7 Å². The first-order valence-corrected chi connectivity index (χ1v) is 7.96. The Kier molecular flexibility index (Phi) is 4.24. The van der Waals surface area contributed by atoms with Crippen LogP contribution in [0.3, 0.4) is 0 Å². The average molecular weight is 310 g/mol. The number of phenolic OH excluding ortho intramolecular Hbond substituents is 1. The molecule has 1 saturated heterocycles. The number of carbonyl (C=O) groups excluding carboxylic acids is 1. The van der Waals surface area contributed by atoms with Gasteiger partial charge in [0.25, 0.3) is 5.91 Å². The van der Waals surface area contributed by atoms with Crippen molar-refractivity contribution >= 4 is 11.6 Å². The molecule has 2 aromatic rings. The highest BCUT2D eigenvalue weighted by molar-refractivity contribution is 5.96. The van der Waals surface area contributed by atoms with E-state index >= 15 is 0 Å². The number of aromatic hydroxyl groups is 1. The number of benzene rings is 2. The maximum absolute atomic E-state index is 12.7. The predicted octanol–water partition coefficient (Wildman–Crippen LogP) is 2.97. The van der Waals surface area contributed by atoms with Gasteiger partial charge in [0.05, 0.1) is 5.69 Å². The van der Waals surface area contributed by atoms with Crippen molar-refractivity contribution in [3.63, 3.8) is 0 Å². The summed E-state index contributed by atoms with van der Waals surface area (Å²) in [7, 11) is 0. The number of anilines is 1. The Morgan fingerprint density at radius 3 is 2.35 bits per heavy atom. The lowest BCUT2D eigenvalue weighted by Crippen LogP contribution is -2.49. The molecule has 0 bridgehead atoms. The van der Waals surface area contributed by atoms with Gasteiger partial charge in [-0.05, 0) is 43.2 Å². The number of carbonyl (C=O) groups is 1. The van der Waals surface area contributed by atoms with Crippen LogP contribution in [0.5, 0.6) is 5.75 Å². The molecule has 1 N–H and O–H groups in total. The van der Waals surface area contributed by atoms with E-state index in [1.165, 1.54) is 0 Å². The highest BCUT2D eigenvalue weighted by Gasteiger charge is 2.24. The van der Waals surface area contributed by atoms with Gasteiger partial charge < -0.3 is 14.9 Å². The topological polar surface area (TPSA) is 43.8 Å². The Morgan fingerprint density at radius 1 is 0.957 bits per heavy atom. The van der Waals surface area contributed by atoms with Crippen LogP contribution >= 0.6 is 0 Å². The molecule has 3 rings (SSSR count). The Morgan fingerprint density at radius 2 is 1.65 bits per heavy atom. The number of para-hydroxylation sites is 2. The zero-order chi connectivity index (χ0) is 16.4. The third kappa shape index (κ3) is 3.02. The van der Waals surface area contributed by atoms with E-state index in [0.717, 1.165) is 35.5 Å². The molecule has 1 aliphatic rings. The zero-order valence-corrected chi connectivity index (χ0v) is 13.6. The fraction of sp³-hybridized carbons (Fsp3) is 0.316. The van der Waals surface area contributed by atoms with Crippen molar-refractivity contribution in [1.29, 1.82) is 0 Å². The first-order valence-electron chi connectivity index (χ1n) is 7.96. The molecule has 1 fully saturated rings. The van der Waals surface area contributed by atoms with Crippen molar-refractivity contribution in [2.75, 3.05) is 31.1 Å². The molecule has 0 aliphatic carbocycles. The Labute approximate surface area is 137 Å². The standard InChI is InChI=1S/C19H22N2O2/c1-14-6-5-7-16(15(14)2)19(23)21-12-10-20(11-13-21)17-8-3-4-9-18(17)22/h3-9,22H,10-13H2,1-2H3. The molecule has 0 unspecified atom stereocenters. The molecule has 1 aliphatic heterocycles. The quantitative estimate of drug-likeness (QED) is 0.927. The maximum Gasteiger partial charge on any atom is 0.254 e. The van der Waals surface area contributed by atoms with Gasteiger partial charge in [-0.1, -0.05) is 24.3 Å². The van der Waals surface area contributed by atoms with E-state index in [-0.39, 0.29) is 5.91 Å². The number of nitrogens with zero attached hydrogens (tertiary/aromatic N) is 2. The molecule has 4 nitrogen and oxygen atoms in total. The minimum atomic E-state index is 0.100. The minimum absolute atomic E-state index is 0.100. The summed E-state index contributed by atoms with van der Waals surface area (Å²) in [6, 6.07) is 13.2. The predicted molar refractivity (Wildman–Crippen MR) is 92.1 cm³/mol. The van der Waals surface area contributed by atoms with Gasteiger partial charge in [-0.2, -0.15) is 0 Å². The second-order valence-corrected chi connectivity index (χ2v) is 6.02. The van der Waals surface area contributed by atoms with Crippen molar-refractivity contribution < 1.29 is 9.90 Å². The van der Waals surface area contributed by atoms with Crippen LogP contribution < -0.4 is 4.90 Å². The molecule has 23 heavy (non-hydrogen) atoms. The number of hydrogen-bond donors (Lipinski definition) is 1. The summed E-state index contributed by atoms with van der Waals surface area (Å²) in [5, 5.41) is 9.96. The third-order valence-corrected chi connectivity index (χ3v) is 4.62. The van der Waals surface area contributed by atoms with Crippen LogP contribution in [0.15, 0.2) is 42.5 Å². The fourth-order valence-electron chi connectivity index (χ4n) is 3.04. The summed E-state index contributed by atoms with van der Waals surface area (Å²) in [5.41, 5.74) is 3.83. The van der Waals surface area contributed by atoms with Crippen LogP contribution in [-0.4, -0.2) is 42.1 Å². The third-order valence-electron chi connectivity index (χ3n) is 4.62. The minimum Gasteiger partial charge on any atom is -0.506 e. The van der Waals surface area contributed by atoms with Crippen molar-refractivity contribution in [2.45, 2.75) is 13.8 Å². The highest BCUT2D eigenvalue weighted by atomic mass is 16.3. The number of rotatable bonds is 2. The van der Waals surface area contributed by atoms with Gasteiger partial charge in [0.1, 0.15) is 5.75 Å². The van der Waals surface area contributed by atoms with Crippen LogP contribution in [-0.2, 0) is 0 Å². The lowest BCUT2D eigenvalue weighted by atomic mass is 10.0. The monoisotopic (exact) mass is 310 g/mol. The van der Waals surface area contributed by atoms with E-state index in [0.29, 0.717) is 18.8 Å². The number of piperazine rings is 1. The SMILES string of the molecule is Cc1cccc(C(=O)N2CCN(c3ccccc3O)CC2)c1C. The molecule has 0 atom stereocenters. The lowest BCUT2D eigenvalue weighted by molar-refractivity contribution is 0.0746. The highest BCUT2D eigenvalue weighted by Crippen LogP contribution is 2.27. The van der Waals surface area contributed by atoms with Crippen LogP contribution in [0.2, 0.25) is 0 Å². The largest absolute Gasteiger partial charge is 0.506 e. The Hall–Kier alpha value is -2.49. The lowest BCUT2D eigenvalue weighted by Gasteiger charge is -2.36. The number of amides is 1. The van der Waals surface area contributed by atoms with Crippen LogP contribution in [0.4, 0.5) is 5.69 Å². The van der Waals surface area contributed by atoms with Gasteiger partial charge in [-0.25, -0.2) is 0 Å². The van der Waals surface area contributed by atoms with Gasteiger partial charge in [-0.15, -0.1) is 0 Å². The number of phenols is 1. The summed E-state index contributed by atoms with van der Waals surface area (Å²) in [6.07, 6.45) is 0. The zero-order valence-electron chi connectivity index (χ0n) is 13.6. The van der Waals surface area contributed by atoms with Crippen LogP contribution in [0, 0.1) is 13.8 Å². The van der Waals surface area contributed by atoms with E-state index in [4.69, 9.17) is 0 Å². The first-order chi connectivity index (χ1) is 11.1. The molecular weight excluding hydrogens is 288 g/mol. The first kappa shape index (κ1) is 15.4. The van der Waals surface area contributed by atoms with Gasteiger partial charge in [0.2, 0.25) is 0 Å². The molecule has 4 heteroatoms. The summed E-state index contributed by atoms with van der Waals surface area (Å²) < 4.78 is 0. The normalized spacial score (nSPS) is 14.9. The molecule has 0 spiro atoms. The Balaban J connectivity index is 1.71. The molecule has 1 amide bonds. The van der Waals surface area contributed by atoms with Crippen LogP contribution in [0.1, 0.15) is 21.5 Å². The van der Waals surface area contributed by atoms with E-state index in [9.17, 15) is 9.90 Å². The number of hydrogen-bond acceptors (Lipinski definition) is 3. The van der Waals surface area contributed by atoms with Crippen LogP contribution in [0.25, 0.3) is 0 Å². The smallest absolute Gasteiger partial charge is 0.254 e. The second-order valence-electron chi connectivity index (χ2n) is 6.02. The summed E-state index contributed by atoms with van der Waals surface area (Å²) in [4.78, 5) is 16.8. The van der Waals surface area contributed by atoms with Crippen molar-refractivity contribution in [3.8, 4) is 5.75 Å². The van der Waals surface area contributed by atoms with Crippen molar-refractivity contribution in [2.24, 2.45) is 0 Å². The van der Waals surface area contributed by atoms with Gasteiger partial charge in [-0.3, -0.25) is 4.79 Å². The molecule has 120 valence electrons. The average Bonchev–Trinajstić information content (AvgIpc) is 2.57. The molecule has 0 saturated carbocycles. The van der Waals surface area contributed by atoms with Gasteiger partial charge in [0.15, 0.2) is 0 Å². The van der Waals surface area contributed by atoms with Crippen molar-refractivity contribution in [3.05, 3.63) is 59.2 Å². The summed E-state index contributed by atoms with van der Waals surface area (Å²) in [5.74, 6) is 0.393. The Bertz CT molecular complexity index is 719. The number of aryl methyl sites for hydroxylation is 1. The molecule has 1 heterocycles. The molecule has 0 radical (unpaired) electrons. The van der Waals surface area contributed by atoms with Gasteiger partial charge >= 0.3 is 0 Å². The summed E-state index contributed by atoms with van der Waals surface area (Å²) in [6.45, 7) is 6.83.